The first kappa shape index (κ1) is 16.7. The second-order valence-corrected chi connectivity index (χ2v) is 6.35. The predicted molar refractivity (Wildman–Crippen MR) is 90.9 cm³/mol. The lowest BCUT2D eigenvalue weighted by Gasteiger charge is -2.40. The van der Waals surface area contributed by atoms with E-state index in [-0.39, 0.29) is 30.3 Å². The Labute approximate surface area is 141 Å². The molecule has 3 atom stereocenters. The standard InChI is InChI=1S/C20H22FNO2/c1-14(15-5-3-2-4-6-15)22-12-11-18(19(13-23)20(22)24)16-7-9-17(21)10-8-16/h2-10,14,18-19,23H,11-13H2,1H3/t14?,18-,19-/m0/s1. The Morgan fingerprint density at radius 2 is 1.83 bits per heavy atom. The Morgan fingerprint density at radius 1 is 1.17 bits per heavy atom. The summed E-state index contributed by atoms with van der Waals surface area (Å²) >= 11 is 0. The van der Waals surface area contributed by atoms with E-state index >= 15 is 0 Å². The highest BCUT2D eigenvalue weighted by Gasteiger charge is 2.38. The summed E-state index contributed by atoms with van der Waals surface area (Å²) in [6, 6.07) is 16.1. The molecule has 1 heterocycles. The van der Waals surface area contributed by atoms with Crippen LogP contribution in [-0.4, -0.2) is 29.1 Å². The summed E-state index contributed by atoms with van der Waals surface area (Å²) in [6.45, 7) is 2.45. The summed E-state index contributed by atoms with van der Waals surface area (Å²) in [7, 11) is 0. The molecule has 2 aromatic rings. The number of likely N-dealkylation sites (tertiary alicyclic amines) is 1. The number of amides is 1. The molecule has 1 N–H and O–H groups in total. The zero-order valence-electron chi connectivity index (χ0n) is 13.7. The molecular weight excluding hydrogens is 305 g/mol. The van der Waals surface area contributed by atoms with Gasteiger partial charge in [-0.05, 0) is 42.5 Å². The fourth-order valence-corrected chi connectivity index (χ4v) is 3.58. The third-order valence-electron chi connectivity index (χ3n) is 5.01. The molecule has 0 spiro atoms. The van der Waals surface area contributed by atoms with Crippen LogP contribution in [0.2, 0.25) is 0 Å². The number of aliphatic hydroxyl groups is 1. The number of aliphatic hydroxyl groups excluding tert-OH is 1. The molecule has 1 unspecified atom stereocenters. The summed E-state index contributed by atoms with van der Waals surface area (Å²) in [6.07, 6.45) is 0.764. The van der Waals surface area contributed by atoms with Gasteiger partial charge < -0.3 is 10.0 Å². The molecule has 3 rings (SSSR count). The third kappa shape index (κ3) is 3.20. The van der Waals surface area contributed by atoms with E-state index in [1.165, 1.54) is 12.1 Å². The van der Waals surface area contributed by atoms with Crippen LogP contribution in [0.25, 0.3) is 0 Å². The van der Waals surface area contributed by atoms with Gasteiger partial charge in [-0.1, -0.05) is 42.5 Å². The monoisotopic (exact) mass is 327 g/mol. The predicted octanol–water partition coefficient (Wildman–Crippen LogP) is 3.51. The molecule has 0 aliphatic carbocycles. The van der Waals surface area contributed by atoms with Gasteiger partial charge in [-0.15, -0.1) is 0 Å². The van der Waals surface area contributed by atoms with Crippen molar-refractivity contribution in [3.05, 3.63) is 71.5 Å². The van der Waals surface area contributed by atoms with Gasteiger partial charge in [0.05, 0.1) is 18.6 Å². The quantitative estimate of drug-likeness (QED) is 0.933. The number of benzene rings is 2. The largest absolute Gasteiger partial charge is 0.396 e. The smallest absolute Gasteiger partial charge is 0.229 e. The first-order valence-corrected chi connectivity index (χ1v) is 8.33. The summed E-state index contributed by atoms with van der Waals surface area (Å²) in [4.78, 5) is 14.8. The Hall–Kier alpha value is -2.20. The van der Waals surface area contributed by atoms with E-state index in [1.807, 2.05) is 42.2 Å². The van der Waals surface area contributed by atoms with Gasteiger partial charge in [0.15, 0.2) is 0 Å². The molecular formula is C20H22FNO2. The molecule has 1 aliphatic rings. The van der Waals surface area contributed by atoms with E-state index in [4.69, 9.17) is 0 Å². The highest BCUT2D eigenvalue weighted by molar-refractivity contribution is 5.81. The van der Waals surface area contributed by atoms with Crippen molar-refractivity contribution in [1.29, 1.82) is 0 Å². The molecule has 2 aromatic carbocycles. The van der Waals surface area contributed by atoms with Crippen molar-refractivity contribution in [2.45, 2.75) is 25.3 Å². The van der Waals surface area contributed by atoms with E-state index in [1.54, 1.807) is 12.1 Å². The lowest BCUT2D eigenvalue weighted by molar-refractivity contribution is -0.143. The van der Waals surface area contributed by atoms with Gasteiger partial charge in [0.1, 0.15) is 5.82 Å². The zero-order chi connectivity index (χ0) is 17.1. The second kappa shape index (κ2) is 7.14. The third-order valence-corrected chi connectivity index (χ3v) is 5.01. The molecule has 126 valence electrons. The fraction of sp³-hybridized carbons (Fsp3) is 0.350. The van der Waals surface area contributed by atoms with E-state index in [0.29, 0.717) is 6.54 Å². The maximum absolute atomic E-state index is 13.1. The minimum Gasteiger partial charge on any atom is -0.396 e. The van der Waals surface area contributed by atoms with Gasteiger partial charge in [-0.3, -0.25) is 4.79 Å². The van der Waals surface area contributed by atoms with Crippen molar-refractivity contribution in [3.8, 4) is 0 Å². The Balaban J connectivity index is 1.81. The normalized spacial score (nSPS) is 22.5. The number of carbonyl (C=O) groups excluding carboxylic acids is 1. The molecule has 3 nitrogen and oxygen atoms in total. The van der Waals surface area contributed by atoms with Gasteiger partial charge in [0, 0.05) is 6.54 Å². The average molecular weight is 327 g/mol. The Kier molecular flexibility index (Phi) is 4.95. The van der Waals surface area contributed by atoms with Crippen molar-refractivity contribution in [1.82, 2.24) is 4.90 Å². The van der Waals surface area contributed by atoms with Crippen LogP contribution in [0.4, 0.5) is 4.39 Å². The number of rotatable bonds is 4. The minimum atomic E-state index is -0.477. The molecule has 24 heavy (non-hydrogen) atoms. The van der Waals surface area contributed by atoms with E-state index in [0.717, 1.165) is 17.5 Å². The topological polar surface area (TPSA) is 40.5 Å². The highest BCUT2D eigenvalue weighted by atomic mass is 19.1. The maximum Gasteiger partial charge on any atom is 0.229 e. The second-order valence-electron chi connectivity index (χ2n) is 6.35. The van der Waals surface area contributed by atoms with Crippen LogP contribution in [0.5, 0.6) is 0 Å². The van der Waals surface area contributed by atoms with Crippen LogP contribution in [-0.2, 0) is 4.79 Å². The number of hydrogen-bond donors (Lipinski definition) is 1. The Morgan fingerprint density at radius 3 is 2.46 bits per heavy atom. The van der Waals surface area contributed by atoms with Gasteiger partial charge >= 0.3 is 0 Å². The van der Waals surface area contributed by atoms with Crippen molar-refractivity contribution >= 4 is 5.91 Å². The van der Waals surface area contributed by atoms with Crippen LogP contribution < -0.4 is 0 Å². The van der Waals surface area contributed by atoms with Crippen molar-refractivity contribution in [3.63, 3.8) is 0 Å². The maximum atomic E-state index is 13.1. The Bertz CT molecular complexity index is 687. The number of piperidine rings is 1. The van der Waals surface area contributed by atoms with E-state index < -0.39 is 5.92 Å². The average Bonchev–Trinajstić information content (AvgIpc) is 2.62. The molecule has 0 bridgehead atoms. The number of carbonyl (C=O) groups is 1. The summed E-state index contributed by atoms with van der Waals surface area (Å²) in [5.74, 6) is -0.868. The first-order chi connectivity index (χ1) is 11.6. The summed E-state index contributed by atoms with van der Waals surface area (Å²) < 4.78 is 13.1. The molecule has 0 aromatic heterocycles. The molecule has 1 saturated heterocycles. The van der Waals surface area contributed by atoms with Gasteiger partial charge in [-0.2, -0.15) is 0 Å². The van der Waals surface area contributed by atoms with Crippen molar-refractivity contribution < 1.29 is 14.3 Å². The van der Waals surface area contributed by atoms with Crippen LogP contribution in [0.3, 0.4) is 0 Å². The molecule has 1 amide bonds. The molecule has 1 fully saturated rings. The molecule has 1 aliphatic heterocycles. The number of nitrogens with zero attached hydrogens (tertiary/aromatic N) is 1. The highest BCUT2D eigenvalue weighted by Crippen LogP contribution is 2.37. The molecule has 0 saturated carbocycles. The lowest BCUT2D eigenvalue weighted by Crippen LogP contribution is -2.47. The lowest BCUT2D eigenvalue weighted by atomic mass is 9.79. The van der Waals surface area contributed by atoms with Crippen LogP contribution >= 0.6 is 0 Å². The van der Waals surface area contributed by atoms with Crippen LogP contribution in [0.15, 0.2) is 54.6 Å². The fourth-order valence-electron chi connectivity index (χ4n) is 3.58. The minimum absolute atomic E-state index is 0.0260. The summed E-state index contributed by atoms with van der Waals surface area (Å²) in [5.41, 5.74) is 2.00. The van der Waals surface area contributed by atoms with Crippen molar-refractivity contribution in [2.75, 3.05) is 13.2 Å². The van der Waals surface area contributed by atoms with E-state index in [9.17, 15) is 14.3 Å². The van der Waals surface area contributed by atoms with Gasteiger partial charge in [-0.25, -0.2) is 4.39 Å². The van der Waals surface area contributed by atoms with Crippen LogP contribution in [0, 0.1) is 11.7 Å². The molecule has 0 radical (unpaired) electrons. The number of hydrogen-bond acceptors (Lipinski definition) is 2. The van der Waals surface area contributed by atoms with Crippen molar-refractivity contribution in [2.24, 2.45) is 5.92 Å². The van der Waals surface area contributed by atoms with Crippen LogP contribution in [0.1, 0.15) is 36.4 Å². The first-order valence-electron chi connectivity index (χ1n) is 8.33. The summed E-state index contributed by atoms with van der Waals surface area (Å²) in [5, 5.41) is 9.80. The number of halogens is 1. The van der Waals surface area contributed by atoms with Gasteiger partial charge in [0.2, 0.25) is 5.91 Å². The van der Waals surface area contributed by atoms with E-state index in [2.05, 4.69) is 0 Å². The zero-order valence-corrected chi connectivity index (χ0v) is 13.7. The molecule has 4 heteroatoms. The SMILES string of the molecule is CC(c1ccccc1)N1CC[C@@H](c2ccc(F)cc2)[C@H](CO)C1=O. The van der Waals surface area contributed by atoms with Gasteiger partial charge in [0.25, 0.3) is 0 Å².